The van der Waals surface area contributed by atoms with Crippen LogP contribution in [0.25, 0.3) is 0 Å². The molecule has 5 rings (SSSR count). The van der Waals surface area contributed by atoms with E-state index in [9.17, 15) is 9.59 Å². The zero-order chi connectivity index (χ0) is 31.1. The summed E-state index contributed by atoms with van der Waals surface area (Å²) in [6, 6.07) is 31.2. The predicted octanol–water partition coefficient (Wildman–Crippen LogP) is 8.27. The lowest BCUT2D eigenvalue weighted by Gasteiger charge is -2.45. The average Bonchev–Trinajstić information content (AvgIpc) is 3.05. The van der Waals surface area contributed by atoms with Gasteiger partial charge in [-0.2, -0.15) is 0 Å². The number of hydrogen-bond donors (Lipinski definition) is 0. The number of hydrogen-bond acceptors (Lipinski definition) is 6. The standard InChI is InChI=1S/C37H37ClO6/c1-4-32-24(3)33(43-36(39)26-12-8-6-9-13-26)35(44-37(40)27-14-10-7-11-15-27)34(42-32)28-18-21-31(38)29(23-28)22-25-16-19-30(20-17-25)41-5-2/h6-21,23-24,32-35H,4-5,22H2,1-3H3/t24-,32-,33+,34+,35-/m1/s1. The van der Waals surface area contributed by atoms with Gasteiger partial charge in [0.25, 0.3) is 0 Å². The molecule has 1 saturated heterocycles. The van der Waals surface area contributed by atoms with Gasteiger partial charge in [0, 0.05) is 10.9 Å². The molecule has 7 heteroatoms. The molecule has 4 aromatic rings. The fraction of sp³-hybridized carbons (Fsp3) is 0.297. The molecule has 1 fully saturated rings. The van der Waals surface area contributed by atoms with Crippen molar-refractivity contribution in [3.05, 3.63) is 136 Å². The van der Waals surface area contributed by atoms with E-state index in [0.717, 1.165) is 22.4 Å². The van der Waals surface area contributed by atoms with Gasteiger partial charge in [0.15, 0.2) is 6.10 Å². The molecular formula is C37H37ClO6. The maximum atomic E-state index is 13.4. The highest BCUT2D eigenvalue weighted by molar-refractivity contribution is 6.31. The van der Waals surface area contributed by atoms with E-state index < -0.39 is 30.3 Å². The highest BCUT2D eigenvalue weighted by Crippen LogP contribution is 2.41. The largest absolute Gasteiger partial charge is 0.494 e. The molecule has 1 aliphatic rings. The summed E-state index contributed by atoms with van der Waals surface area (Å²) >= 11 is 6.69. The van der Waals surface area contributed by atoms with Crippen LogP contribution >= 0.6 is 11.6 Å². The Morgan fingerprint density at radius 3 is 1.93 bits per heavy atom. The Bertz CT molecular complexity index is 1540. The number of carbonyl (C=O) groups excluding carboxylic acids is 2. The minimum Gasteiger partial charge on any atom is -0.494 e. The molecule has 1 heterocycles. The van der Waals surface area contributed by atoms with Crippen molar-refractivity contribution < 1.29 is 28.5 Å². The van der Waals surface area contributed by atoms with Crippen LogP contribution in [0.2, 0.25) is 5.02 Å². The van der Waals surface area contributed by atoms with E-state index in [2.05, 4.69) is 0 Å². The molecule has 0 aliphatic carbocycles. The Morgan fingerprint density at radius 2 is 1.36 bits per heavy atom. The third kappa shape index (κ3) is 7.32. The fourth-order valence-corrected chi connectivity index (χ4v) is 5.83. The highest BCUT2D eigenvalue weighted by Gasteiger charge is 2.48. The van der Waals surface area contributed by atoms with Crippen LogP contribution in [0.4, 0.5) is 0 Å². The molecule has 0 aromatic heterocycles. The van der Waals surface area contributed by atoms with Crippen LogP contribution in [0.15, 0.2) is 103 Å². The Kier molecular flexibility index (Phi) is 10.4. The van der Waals surface area contributed by atoms with E-state index in [0.29, 0.717) is 35.6 Å². The normalized spacial score (nSPS) is 21.3. The molecule has 1 aliphatic heterocycles. The lowest BCUT2D eigenvalue weighted by Crippen LogP contribution is -2.53. The molecular weight excluding hydrogens is 576 g/mol. The molecule has 0 unspecified atom stereocenters. The second kappa shape index (κ2) is 14.6. The quantitative estimate of drug-likeness (QED) is 0.168. The van der Waals surface area contributed by atoms with E-state index in [1.165, 1.54) is 0 Å². The van der Waals surface area contributed by atoms with Crippen molar-refractivity contribution in [1.82, 2.24) is 0 Å². The first kappa shape index (κ1) is 31.3. The first-order valence-corrected chi connectivity index (χ1v) is 15.4. The van der Waals surface area contributed by atoms with Gasteiger partial charge in [0.2, 0.25) is 0 Å². The van der Waals surface area contributed by atoms with Crippen LogP contribution in [-0.2, 0) is 20.6 Å². The zero-order valence-corrected chi connectivity index (χ0v) is 25.9. The zero-order valence-electron chi connectivity index (χ0n) is 25.2. The van der Waals surface area contributed by atoms with Crippen molar-refractivity contribution in [1.29, 1.82) is 0 Å². The van der Waals surface area contributed by atoms with Gasteiger partial charge >= 0.3 is 11.9 Å². The number of carbonyl (C=O) groups is 2. The summed E-state index contributed by atoms with van der Waals surface area (Å²) in [5.41, 5.74) is 3.57. The molecule has 0 radical (unpaired) electrons. The van der Waals surface area contributed by atoms with Gasteiger partial charge in [0.05, 0.1) is 23.8 Å². The van der Waals surface area contributed by atoms with E-state index >= 15 is 0 Å². The second-order valence-electron chi connectivity index (χ2n) is 10.9. The van der Waals surface area contributed by atoms with Gasteiger partial charge in [-0.3, -0.25) is 0 Å². The van der Waals surface area contributed by atoms with Gasteiger partial charge in [-0.25, -0.2) is 9.59 Å². The number of ether oxygens (including phenoxy) is 4. The van der Waals surface area contributed by atoms with Gasteiger partial charge < -0.3 is 18.9 Å². The smallest absolute Gasteiger partial charge is 0.338 e. The van der Waals surface area contributed by atoms with Crippen LogP contribution in [0.3, 0.4) is 0 Å². The Balaban J connectivity index is 1.50. The second-order valence-corrected chi connectivity index (χ2v) is 11.3. The lowest BCUT2D eigenvalue weighted by molar-refractivity contribution is -0.200. The van der Waals surface area contributed by atoms with E-state index in [1.54, 1.807) is 48.5 Å². The summed E-state index contributed by atoms with van der Waals surface area (Å²) in [5, 5.41) is 0.615. The maximum absolute atomic E-state index is 13.4. The molecule has 0 bridgehead atoms. The third-order valence-electron chi connectivity index (χ3n) is 7.98. The Morgan fingerprint density at radius 1 is 0.773 bits per heavy atom. The lowest BCUT2D eigenvalue weighted by atomic mass is 9.84. The monoisotopic (exact) mass is 612 g/mol. The predicted molar refractivity (Wildman–Crippen MR) is 170 cm³/mol. The highest BCUT2D eigenvalue weighted by atomic mass is 35.5. The Hall–Kier alpha value is -4.13. The fourth-order valence-electron chi connectivity index (χ4n) is 5.64. The van der Waals surface area contributed by atoms with Gasteiger partial charge in [-0.15, -0.1) is 0 Å². The van der Waals surface area contributed by atoms with Crippen molar-refractivity contribution in [2.45, 2.75) is 58.0 Å². The summed E-state index contributed by atoms with van der Waals surface area (Å²) in [6.07, 6.45) is -1.35. The summed E-state index contributed by atoms with van der Waals surface area (Å²) in [5.74, 6) is -0.430. The van der Waals surface area contributed by atoms with Crippen LogP contribution in [0.5, 0.6) is 5.75 Å². The number of esters is 2. The van der Waals surface area contributed by atoms with Crippen LogP contribution < -0.4 is 4.74 Å². The summed E-state index contributed by atoms with van der Waals surface area (Å²) in [4.78, 5) is 26.8. The minimum absolute atomic E-state index is 0.242. The van der Waals surface area contributed by atoms with Crippen LogP contribution in [0.1, 0.15) is 70.7 Å². The van der Waals surface area contributed by atoms with Crippen molar-refractivity contribution in [2.24, 2.45) is 5.92 Å². The third-order valence-corrected chi connectivity index (χ3v) is 8.35. The number of benzene rings is 4. The van der Waals surface area contributed by atoms with Crippen molar-refractivity contribution in [3.63, 3.8) is 0 Å². The van der Waals surface area contributed by atoms with Crippen LogP contribution in [-0.4, -0.2) is 36.9 Å². The molecule has 228 valence electrons. The van der Waals surface area contributed by atoms with Crippen LogP contribution in [0, 0.1) is 5.92 Å². The molecule has 0 amide bonds. The maximum Gasteiger partial charge on any atom is 0.338 e. The number of halogens is 1. The molecule has 44 heavy (non-hydrogen) atoms. The Labute approximate surface area is 263 Å². The van der Waals surface area contributed by atoms with E-state index in [1.807, 2.05) is 75.4 Å². The summed E-state index contributed by atoms with van der Waals surface area (Å²) in [7, 11) is 0. The van der Waals surface area contributed by atoms with Crippen molar-refractivity contribution >= 4 is 23.5 Å². The SMILES string of the molecule is CCOc1ccc(Cc2cc([C@@H]3O[C@H](CC)[C@@H](C)[C@H](OC(=O)c4ccccc4)[C@H]3OC(=O)c3ccccc3)ccc2Cl)cc1. The van der Waals surface area contributed by atoms with E-state index in [4.69, 9.17) is 30.5 Å². The topological polar surface area (TPSA) is 71.1 Å². The summed E-state index contributed by atoms with van der Waals surface area (Å²) in [6.45, 7) is 6.55. The van der Waals surface area contributed by atoms with Gasteiger partial charge in [-0.1, -0.05) is 86.1 Å². The molecule has 4 aromatic carbocycles. The average molecular weight is 613 g/mol. The van der Waals surface area contributed by atoms with Crippen molar-refractivity contribution in [3.8, 4) is 5.75 Å². The van der Waals surface area contributed by atoms with Gasteiger partial charge in [-0.05, 0) is 78.9 Å². The molecule has 0 saturated carbocycles. The van der Waals surface area contributed by atoms with Gasteiger partial charge in [0.1, 0.15) is 18.0 Å². The summed E-state index contributed by atoms with van der Waals surface area (Å²) < 4.78 is 24.6. The molecule has 6 nitrogen and oxygen atoms in total. The molecule has 0 N–H and O–H groups in total. The van der Waals surface area contributed by atoms with E-state index in [-0.39, 0.29) is 12.0 Å². The molecule has 0 spiro atoms. The minimum atomic E-state index is -0.910. The first-order valence-electron chi connectivity index (χ1n) is 15.1. The van der Waals surface area contributed by atoms with Crippen molar-refractivity contribution in [2.75, 3.05) is 6.61 Å². The number of rotatable bonds is 10. The first-order chi connectivity index (χ1) is 21.4. The molecule has 5 atom stereocenters.